The molecule has 1 N–H and O–H groups in total. The average Bonchev–Trinajstić information content (AvgIpc) is 3.01. The molecule has 1 amide bonds. The third-order valence-corrected chi connectivity index (χ3v) is 6.86. The lowest BCUT2D eigenvalue weighted by Crippen LogP contribution is -2.18. The predicted molar refractivity (Wildman–Crippen MR) is 165 cm³/mol. The van der Waals surface area contributed by atoms with Crippen LogP contribution in [-0.2, 0) is 6.61 Å². The van der Waals surface area contributed by atoms with E-state index in [1.165, 1.54) is 18.3 Å². The van der Waals surface area contributed by atoms with Gasteiger partial charge in [0.15, 0.2) is 11.5 Å². The predicted octanol–water partition coefficient (Wildman–Crippen LogP) is 7.31. The van der Waals surface area contributed by atoms with Crippen molar-refractivity contribution in [3.63, 3.8) is 0 Å². The molecule has 0 aliphatic heterocycles. The largest absolute Gasteiger partial charge is 0.490 e. The lowest BCUT2D eigenvalue weighted by atomic mass is 10.0. The molecule has 9 nitrogen and oxygen atoms in total. The fraction of sp³-hybridized carbons (Fsp3) is 0.0938. The summed E-state index contributed by atoms with van der Waals surface area (Å²) in [7, 11) is 0. The van der Waals surface area contributed by atoms with E-state index < -0.39 is 4.92 Å². The van der Waals surface area contributed by atoms with Gasteiger partial charge < -0.3 is 9.47 Å². The Morgan fingerprint density at radius 3 is 2.48 bits per heavy atom. The molecule has 0 aliphatic carbocycles. The molecule has 0 unspecified atom stereocenters. The van der Waals surface area contributed by atoms with E-state index in [1.807, 2.05) is 61.5 Å². The molecule has 0 atom stereocenters. The van der Waals surface area contributed by atoms with Crippen LogP contribution in [0.3, 0.4) is 0 Å². The van der Waals surface area contributed by atoms with Gasteiger partial charge in [0.2, 0.25) is 0 Å². The molecule has 1 heterocycles. The van der Waals surface area contributed by atoms with Crippen LogP contribution in [0.15, 0.2) is 107 Å². The van der Waals surface area contributed by atoms with Crippen LogP contribution >= 0.6 is 15.9 Å². The molecule has 0 saturated carbocycles. The summed E-state index contributed by atoms with van der Waals surface area (Å²) in [5.74, 6) is 0.594. The molecular weight excluding hydrogens is 600 g/mol. The number of nitrogens with one attached hydrogen (secondary N) is 1. The van der Waals surface area contributed by atoms with Gasteiger partial charge in [-0.3, -0.25) is 14.9 Å². The molecule has 5 aromatic rings. The van der Waals surface area contributed by atoms with Crippen LogP contribution < -0.4 is 14.9 Å². The molecule has 0 spiro atoms. The van der Waals surface area contributed by atoms with Crippen LogP contribution in [0.5, 0.6) is 11.5 Å². The smallest absolute Gasteiger partial charge is 0.272 e. The maximum absolute atomic E-state index is 13.3. The zero-order chi connectivity index (χ0) is 29.5. The molecule has 10 heteroatoms. The fourth-order valence-electron chi connectivity index (χ4n) is 4.28. The zero-order valence-corrected chi connectivity index (χ0v) is 24.1. The minimum Gasteiger partial charge on any atom is -0.490 e. The van der Waals surface area contributed by atoms with Gasteiger partial charge in [0.1, 0.15) is 6.61 Å². The highest BCUT2D eigenvalue weighted by molar-refractivity contribution is 9.10. The Kier molecular flexibility index (Phi) is 8.84. The summed E-state index contributed by atoms with van der Waals surface area (Å²) in [5, 5.41) is 15.8. The fourth-order valence-corrected chi connectivity index (χ4v) is 4.85. The van der Waals surface area contributed by atoms with E-state index >= 15 is 0 Å². The second-order valence-corrected chi connectivity index (χ2v) is 9.97. The van der Waals surface area contributed by atoms with Gasteiger partial charge in [-0.15, -0.1) is 0 Å². The standard InChI is InChI=1S/C32H25BrN4O5/c1-2-41-30-17-22(16-27(33)31(30)42-20-21-12-14-24(15-13-21)37(39)40)19-34-36-32(38)26-18-29(23-8-4-3-5-9-23)35-28-11-7-6-10-25(26)28/h3-19H,2,20H2,1H3,(H,36,38)/b34-19+. The molecule has 0 aliphatic rings. The molecule has 42 heavy (non-hydrogen) atoms. The second kappa shape index (κ2) is 13.0. The topological polar surface area (TPSA) is 116 Å². The summed E-state index contributed by atoms with van der Waals surface area (Å²) in [6.07, 6.45) is 1.52. The van der Waals surface area contributed by atoms with Crippen molar-refractivity contribution in [2.24, 2.45) is 5.10 Å². The van der Waals surface area contributed by atoms with Crippen molar-refractivity contribution in [3.05, 3.63) is 128 Å². The van der Waals surface area contributed by atoms with Gasteiger partial charge in [-0.25, -0.2) is 10.4 Å². The van der Waals surface area contributed by atoms with E-state index in [4.69, 9.17) is 14.5 Å². The highest BCUT2D eigenvalue weighted by atomic mass is 79.9. The number of halogens is 1. The van der Waals surface area contributed by atoms with E-state index in [1.54, 1.807) is 30.3 Å². The summed E-state index contributed by atoms with van der Waals surface area (Å²) < 4.78 is 12.4. The molecule has 0 radical (unpaired) electrons. The van der Waals surface area contributed by atoms with Crippen molar-refractivity contribution in [2.75, 3.05) is 6.61 Å². The molecule has 0 fully saturated rings. The van der Waals surface area contributed by atoms with Gasteiger partial charge >= 0.3 is 0 Å². The first-order chi connectivity index (χ1) is 20.4. The van der Waals surface area contributed by atoms with E-state index in [0.717, 1.165) is 16.5 Å². The van der Waals surface area contributed by atoms with Crippen LogP contribution in [0.4, 0.5) is 5.69 Å². The normalized spacial score (nSPS) is 11.0. The maximum atomic E-state index is 13.3. The van der Waals surface area contributed by atoms with Crippen molar-refractivity contribution in [3.8, 4) is 22.8 Å². The Labute approximate surface area is 250 Å². The maximum Gasteiger partial charge on any atom is 0.272 e. The second-order valence-electron chi connectivity index (χ2n) is 9.11. The number of hydrazone groups is 1. The Morgan fingerprint density at radius 2 is 1.74 bits per heavy atom. The summed E-state index contributed by atoms with van der Waals surface area (Å²) in [6, 6.07) is 28.6. The number of para-hydroxylation sites is 1. The van der Waals surface area contributed by atoms with Gasteiger partial charge in [0.05, 0.1) is 39.0 Å². The Balaban J connectivity index is 1.34. The number of fused-ring (bicyclic) bond motifs is 1. The molecule has 5 rings (SSSR count). The Bertz CT molecular complexity index is 1780. The number of carbonyl (C=O) groups excluding carboxylic acids is 1. The van der Waals surface area contributed by atoms with Gasteiger partial charge in [0, 0.05) is 23.1 Å². The van der Waals surface area contributed by atoms with Crippen molar-refractivity contribution in [1.82, 2.24) is 10.4 Å². The molecule has 0 saturated heterocycles. The number of rotatable bonds is 10. The lowest BCUT2D eigenvalue weighted by Gasteiger charge is -2.14. The number of nitro groups is 1. The van der Waals surface area contributed by atoms with E-state index in [2.05, 4.69) is 26.5 Å². The number of hydrogen-bond acceptors (Lipinski definition) is 7. The zero-order valence-electron chi connectivity index (χ0n) is 22.5. The number of benzene rings is 4. The van der Waals surface area contributed by atoms with E-state index in [0.29, 0.717) is 44.9 Å². The number of nitro benzene ring substituents is 1. The first kappa shape index (κ1) is 28.4. The van der Waals surface area contributed by atoms with Crippen LogP contribution in [0.25, 0.3) is 22.2 Å². The first-order valence-corrected chi connectivity index (χ1v) is 13.8. The molecular formula is C32H25BrN4O5. The number of non-ortho nitro benzene ring substituents is 1. The average molecular weight is 625 g/mol. The van der Waals surface area contributed by atoms with Gasteiger partial charge in [-0.05, 0) is 70.4 Å². The van der Waals surface area contributed by atoms with Crippen molar-refractivity contribution in [2.45, 2.75) is 13.5 Å². The van der Waals surface area contributed by atoms with Gasteiger partial charge in [-0.2, -0.15) is 5.10 Å². The third kappa shape index (κ3) is 6.61. The van der Waals surface area contributed by atoms with Crippen LogP contribution in [-0.4, -0.2) is 28.6 Å². The number of pyridine rings is 1. The number of amides is 1. The minimum absolute atomic E-state index is 0.0134. The number of carbonyl (C=O) groups is 1. The summed E-state index contributed by atoms with van der Waals surface area (Å²) in [4.78, 5) is 28.4. The first-order valence-electron chi connectivity index (χ1n) is 13.0. The van der Waals surface area contributed by atoms with Crippen molar-refractivity contribution >= 4 is 44.6 Å². The lowest BCUT2D eigenvalue weighted by molar-refractivity contribution is -0.384. The van der Waals surface area contributed by atoms with Crippen molar-refractivity contribution < 1.29 is 19.2 Å². The number of ether oxygens (including phenoxy) is 2. The van der Waals surface area contributed by atoms with Gasteiger partial charge in [0.25, 0.3) is 11.6 Å². The molecule has 0 bridgehead atoms. The van der Waals surface area contributed by atoms with Gasteiger partial charge in [-0.1, -0.05) is 48.5 Å². The highest BCUT2D eigenvalue weighted by Crippen LogP contribution is 2.37. The molecule has 1 aromatic heterocycles. The Hall–Kier alpha value is -5.09. The minimum atomic E-state index is -0.446. The quantitative estimate of drug-likeness (QED) is 0.0989. The van der Waals surface area contributed by atoms with Crippen molar-refractivity contribution in [1.29, 1.82) is 0 Å². The van der Waals surface area contributed by atoms with Crippen LogP contribution in [0.1, 0.15) is 28.4 Å². The summed E-state index contributed by atoms with van der Waals surface area (Å²) >= 11 is 3.54. The monoisotopic (exact) mass is 624 g/mol. The van der Waals surface area contributed by atoms with E-state index in [9.17, 15) is 14.9 Å². The summed E-state index contributed by atoms with van der Waals surface area (Å²) in [6.45, 7) is 2.44. The number of nitrogens with zero attached hydrogens (tertiary/aromatic N) is 3. The highest BCUT2D eigenvalue weighted by Gasteiger charge is 2.15. The summed E-state index contributed by atoms with van der Waals surface area (Å²) in [5.41, 5.74) is 6.85. The number of hydrogen-bond donors (Lipinski definition) is 1. The van der Waals surface area contributed by atoms with Crippen LogP contribution in [0.2, 0.25) is 0 Å². The SMILES string of the molecule is CCOc1cc(/C=N/NC(=O)c2cc(-c3ccccc3)nc3ccccc23)cc(Br)c1OCc1ccc([N+](=O)[O-])cc1. The van der Waals surface area contributed by atoms with Crippen LogP contribution in [0, 0.1) is 10.1 Å². The molecule has 4 aromatic carbocycles. The Morgan fingerprint density at radius 1 is 1.00 bits per heavy atom. The molecule has 210 valence electrons. The number of aromatic nitrogens is 1. The third-order valence-electron chi connectivity index (χ3n) is 6.27. The van der Waals surface area contributed by atoms with E-state index in [-0.39, 0.29) is 18.2 Å².